The van der Waals surface area contributed by atoms with E-state index in [0.717, 1.165) is 22.0 Å². The van der Waals surface area contributed by atoms with E-state index in [1.54, 1.807) is 11.8 Å². The van der Waals surface area contributed by atoms with E-state index in [1.165, 1.54) is 0 Å². The molecule has 2 atom stereocenters. The van der Waals surface area contributed by atoms with Gasteiger partial charge in [0.25, 0.3) is 5.91 Å². The standard InChI is InChI=1S/C26H35BrN2O3/c1-7-18(2)28-25(31)19(3)29(16-20-11-10-12-21(27)15-20)24(30)17-32-23-14-9-8-13-22(23)26(4,5)6/h8-15,18-19H,7,16-17H2,1-6H3,(H,28,31)/t18-,19-/m1/s1. The molecule has 0 unspecified atom stereocenters. The molecule has 0 spiro atoms. The van der Waals surface area contributed by atoms with Crippen LogP contribution in [0.5, 0.6) is 5.75 Å². The van der Waals surface area contributed by atoms with Crippen LogP contribution >= 0.6 is 15.9 Å². The van der Waals surface area contributed by atoms with E-state index in [-0.39, 0.29) is 29.9 Å². The minimum absolute atomic E-state index is 0.0442. The lowest BCUT2D eigenvalue weighted by Crippen LogP contribution is -2.50. The Bertz CT molecular complexity index is 923. The molecule has 0 saturated heterocycles. The van der Waals surface area contributed by atoms with Crippen molar-refractivity contribution >= 4 is 27.7 Å². The SMILES string of the molecule is CC[C@@H](C)NC(=O)[C@@H](C)N(Cc1cccc(Br)c1)C(=O)COc1ccccc1C(C)(C)C. The van der Waals surface area contributed by atoms with E-state index in [9.17, 15) is 9.59 Å². The molecule has 0 bridgehead atoms. The molecule has 0 aliphatic heterocycles. The van der Waals surface area contributed by atoms with Crippen molar-refractivity contribution in [3.8, 4) is 5.75 Å². The molecule has 0 aliphatic carbocycles. The molecule has 0 aliphatic rings. The predicted octanol–water partition coefficient (Wildman–Crippen LogP) is 5.46. The second kappa shape index (κ2) is 11.5. The number of hydrogen-bond donors (Lipinski definition) is 1. The van der Waals surface area contributed by atoms with Crippen LogP contribution in [0.4, 0.5) is 0 Å². The summed E-state index contributed by atoms with van der Waals surface area (Å²) in [6.45, 7) is 12.2. The first-order valence-electron chi connectivity index (χ1n) is 11.1. The summed E-state index contributed by atoms with van der Waals surface area (Å²) in [6.07, 6.45) is 0.824. The highest BCUT2D eigenvalue weighted by atomic mass is 79.9. The maximum atomic E-state index is 13.3. The zero-order valence-corrected chi connectivity index (χ0v) is 21.5. The highest BCUT2D eigenvalue weighted by molar-refractivity contribution is 9.10. The average Bonchev–Trinajstić information content (AvgIpc) is 2.74. The molecule has 0 radical (unpaired) electrons. The third-order valence-electron chi connectivity index (χ3n) is 5.46. The molecule has 6 heteroatoms. The van der Waals surface area contributed by atoms with Gasteiger partial charge in [0.2, 0.25) is 5.91 Å². The number of carbonyl (C=O) groups is 2. The fraction of sp³-hybridized carbons (Fsp3) is 0.462. The molecule has 0 heterocycles. The molecule has 2 aromatic carbocycles. The molecule has 1 N–H and O–H groups in total. The third-order valence-corrected chi connectivity index (χ3v) is 5.95. The lowest BCUT2D eigenvalue weighted by molar-refractivity contribution is -0.142. The number of ether oxygens (including phenoxy) is 1. The van der Waals surface area contributed by atoms with Crippen molar-refractivity contribution in [3.05, 3.63) is 64.1 Å². The molecule has 174 valence electrons. The molecule has 32 heavy (non-hydrogen) atoms. The Balaban J connectivity index is 2.23. The third kappa shape index (κ3) is 7.37. The second-order valence-corrected chi connectivity index (χ2v) is 10.1. The first kappa shape index (κ1) is 25.9. The number of hydrogen-bond acceptors (Lipinski definition) is 3. The van der Waals surface area contributed by atoms with Crippen LogP contribution in [0.25, 0.3) is 0 Å². The van der Waals surface area contributed by atoms with Gasteiger partial charge in [0.15, 0.2) is 6.61 Å². The monoisotopic (exact) mass is 502 g/mol. The summed E-state index contributed by atoms with van der Waals surface area (Å²) in [4.78, 5) is 27.7. The molecule has 0 saturated carbocycles. The Labute approximate surface area is 200 Å². The number of nitrogens with zero attached hydrogens (tertiary/aromatic N) is 1. The number of nitrogens with one attached hydrogen (secondary N) is 1. The number of rotatable bonds is 9. The molecule has 0 fully saturated rings. The van der Waals surface area contributed by atoms with Gasteiger partial charge in [-0.25, -0.2) is 0 Å². The van der Waals surface area contributed by atoms with Gasteiger partial charge in [0, 0.05) is 17.1 Å². The second-order valence-electron chi connectivity index (χ2n) is 9.18. The van der Waals surface area contributed by atoms with Gasteiger partial charge in [-0.2, -0.15) is 0 Å². The summed E-state index contributed by atoms with van der Waals surface area (Å²) in [5.41, 5.74) is 1.86. The molecular formula is C26H35BrN2O3. The summed E-state index contributed by atoms with van der Waals surface area (Å²) in [5, 5.41) is 2.98. The summed E-state index contributed by atoms with van der Waals surface area (Å²) >= 11 is 3.48. The van der Waals surface area contributed by atoms with Gasteiger partial charge in [0.1, 0.15) is 11.8 Å². The quantitative estimate of drug-likeness (QED) is 0.495. The van der Waals surface area contributed by atoms with Crippen LogP contribution < -0.4 is 10.1 Å². The smallest absolute Gasteiger partial charge is 0.261 e. The van der Waals surface area contributed by atoms with Crippen molar-refractivity contribution in [1.29, 1.82) is 0 Å². The summed E-state index contributed by atoms with van der Waals surface area (Å²) in [5.74, 6) is 0.283. The molecule has 2 rings (SSSR count). The highest BCUT2D eigenvalue weighted by Gasteiger charge is 2.28. The molecule has 2 amide bonds. The van der Waals surface area contributed by atoms with E-state index >= 15 is 0 Å². The minimum atomic E-state index is -0.628. The van der Waals surface area contributed by atoms with Crippen molar-refractivity contribution in [2.75, 3.05) is 6.61 Å². The van der Waals surface area contributed by atoms with Crippen molar-refractivity contribution in [2.24, 2.45) is 0 Å². The largest absolute Gasteiger partial charge is 0.483 e. The van der Waals surface area contributed by atoms with E-state index in [4.69, 9.17) is 4.74 Å². The Morgan fingerprint density at radius 3 is 2.41 bits per heavy atom. The normalized spacial score (nSPS) is 13.2. The lowest BCUT2D eigenvalue weighted by Gasteiger charge is -2.30. The van der Waals surface area contributed by atoms with Crippen LogP contribution in [0.2, 0.25) is 0 Å². The maximum absolute atomic E-state index is 13.3. The van der Waals surface area contributed by atoms with Gasteiger partial charge in [0.05, 0.1) is 0 Å². The van der Waals surface area contributed by atoms with Gasteiger partial charge in [-0.1, -0.05) is 74.0 Å². The van der Waals surface area contributed by atoms with Gasteiger partial charge in [-0.15, -0.1) is 0 Å². The highest BCUT2D eigenvalue weighted by Crippen LogP contribution is 2.31. The van der Waals surface area contributed by atoms with Crippen LogP contribution in [0, 0.1) is 0 Å². The molecule has 2 aromatic rings. The van der Waals surface area contributed by atoms with Gasteiger partial charge in [-0.05, 0) is 55.0 Å². The van der Waals surface area contributed by atoms with E-state index < -0.39 is 6.04 Å². The first-order chi connectivity index (χ1) is 15.0. The zero-order valence-electron chi connectivity index (χ0n) is 19.9. The number of halogens is 1. The van der Waals surface area contributed by atoms with Crippen molar-refractivity contribution in [2.45, 2.75) is 72.0 Å². The predicted molar refractivity (Wildman–Crippen MR) is 133 cm³/mol. The Morgan fingerprint density at radius 2 is 1.78 bits per heavy atom. The minimum Gasteiger partial charge on any atom is -0.483 e. The Kier molecular flexibility index (Phi) is 9.32. The van der Waals surface area contributed by atoms with E-state index in [2.05, 4.69) is 42.0 Å². The molecule has 5 nitrogen and oxygen atoms in total. The number of amides is 2. The zero-order chi connectivity index (χ0) is 23.9. The summed E-state index contributed by atoms with van der Waals surface area (Å²) in [7, 11) is 0. The van der Waals surface area contributed by atoms with Crippen molar-refractivity contribution in [1.82, 2.24) is 10.2 Å². The van der Waals surface area contributed by atoms with Crippen molar-refractivity contribution < 1.29 is 14.3 Å². The van der Waals surface area contributed by atoms with Crippen LogP contribution in [0.15, 0.2) is 53.0 Å². The molecule has 0 aromatic heterocycles. The van der Waals surface area contributed by atoms with Crippen LogP contribution in [0.1, 0.15) is 59.1 Å². The summed E-state index contributed by atoms with van der Waals surface area (Å²) < 4.78 is 6.89. The summed E-state index contributed by atoms with van der Waals surface area (Å²) in [6, 6.07) is 14.9. The first-order valence-corrected chi connectivity index (χ1v) is 11.9. The van der Waals surface area contributed by atoms with E-state index in [1.807, 2.05) is 62.4 Å². The Morgan fingerprint density at radius 1 is 1.09 bits per heavy atom. The fourth-order valence-electron chi connectivity index (χ4n) is 3.31. The van der Waals surface area contributed by atoms with E-state index in [0.29, 0.717) is 12.3 Å². The maximum Gasteiger partial charge on any atom is 0.261 e. The van der Waals surface area contributed by atoms with Gasteiger partial charge in [-0.3, -0.25) is 9.59 Å². The van der Waals surface area contributed by atoms with Crippen molar-refractivity contribution in [3.63, 3.8) is 0 Å². The van der Waals surface area contributed by atoms with Gasteiger partial charge >= 0.3 is 0 Å². The number of benzene rings is 2. The number of carbonyl (C=O) groups excluding carboxylic acids is 2. The average molecular weight is 503 g/mol. The van der Waals surface area contributed by atoms with Crippen LogP contribution in [-0.2, 0) is 21.5 Å². The fourth-order valence-corrected chi connectivity index (χ4v) is 3.76. The van der Waals surface area contributed by atoms with Crippen LogP contribution in [-0.4, -0.2) is 35.4 Å². The lowest BCUT2D eigenvalue weighted by atomic mass is 9.86. The Hall–Kier alpha value is -2.34. The molecular weight excluding hydrogens is 468 g/mol. The number of para-hydroxylation sites is 1. The van der Waals surface area contributed by atoms with Gasteiger partial charge < -0.3 is 15.0 Å². The topological polar surface area (TPSA) is 58.6 Å². The van der Waals surface area contributed by atoms with Crippen LogP contribution in [0.3, 0.4) is 0 Å².